The second-order valence-electron chi connectivity index (χ2n) is 9.30. The largest absolute Gasteiger partial charge is 0.491 e. The molecular formula is C27H28F3N3O3. The molecule has 2 aromatic heterocycles. The molecule has 0 saturated heterocycles. The summed E-state index contributed by atoms with van der Waals surface area (Å²) in [5, 5.41) is 8.82. The molecule has 1 aliphatic carbocycles. The van der Waals surface area contributed by atoms with E-state index in [-0.39, 0.29) is 43.0 Å². The molecule has 190 valence electrons. The second kappa shape index (κ2) is 11.2. The number of aliphatic hydroxyl groups excluding tert-OH is 1. The number of benzene rings is 1. The molecule has 0 amide bonds. The van der Waals surface area contributed by atoms with E-state index in [4.69, 9.17) is 15.6 Å². The zero-order chi connectivity index (χ0) is 25.8. The number of hydrogen-bond acceptors (Lipinski definition) is 6. The number of carbonyl (C=O) groups is 1. The fraction of sp³-hybridized carbons (Fsp3) is 0.370. The zero-order valence-electron chi connectivity index (χ0n) is 19.9. The number of pyridine rings is 2. The second-order valence-corrected chi connectivity index (χ2v) is 9.30. The molecule has 0 spiro atoms. The summed E-state index contributed by atoms with van der Waals surface area (Å²) < 4.78 is 49.1. The average molecular weight is 500 g/mol. The monoisotopic (exact) mass is 499 g/mol. The van der Waals surface area contributed by atoms with Gasteiger partial charge in [0.1, 0.15) is 41.2 Å². The highest BCUT2D eigenvalue weighted by atomic mass is 19.1. The molecule has 1 saturated carbocycles. The number of aromatic nitrogens is 2. The summed E-state index contributed by atoms with van der Waals surface area (Å²) in [6.45, 7) is 1.67. The van der Waals surface area contributed by atoms with Gasteiger partial charge in [0.2, 0.25) is 0 Å². The van der Waals surface area contributed by atoms with E-state index in [1.54, 1.807) is 12.4 Å². The Bertz CT molecular complexity index is 1220. The van der Waals surface area contributed by atoms with Gasteiger partial charge in [-0.05, 0) is 60.4 Å². The Hall–Kier alpha value is -3.30. The van der Waals surface area contributed by atoms with Crippen LogP contribution in [0.2, 0.25) is 0 Å². The smallest absolute Gasteiger partial charge is 0.185 e. The third kappa shape index (κ3) is 5.74. The van der Waals surface area contributed by atoms with Crippen molar-refractivity contribution in [3.8, 4) is 17.0 Å². The first kappa shape index (κ1) is 25.8. The van der Waals surface area contributed by atoms with Crippen molar-refractivity contribution >= 4 is 5.78 Å². The Labute approximate surface area is 207 Å². The molecule has 0 aliphatic heterocycles. The van der Waals surface area contributed by atoms with Crippen LogP contribution in [0.5, 0.6) is 5.75 Å². The topological polar surface area (TPSA) is 98.3 Å². The minimum absolute atomic E-state index is 0.0414. The van der Waals surface area contributed by atoms with Gasteiger partial charge < -0.3 is 15.6 Å². The minimum Gasteiger partial charge on any atom is -0.491 e. The maximum atomic E-state index is 14.7. The summed E-state index contributed by atoms with van der Waals surface area (Å²) in [6.07, 6.45) is 5.99. The highest BCUT2D eigenvalue weighted by Gasteiger charge is 2.28. The van der Waals surface area contributed by atoms with Crippen LogP contribution in [-0.4, -0.2) is 40.1 Å². The number of ketones is 1. The number of hydrogen-bond donors (Lipinski definition) is 2. The van der Waals surface area contributed by atoms with Crippen LogP contribution in [0.4, 0.5) is 13.2 Å². The van der Waals surface area contributed by atoms with Crippen LogP contribution in [0.3, 0.4) is 0 Å². The predicted octanol–water partition coefficient (Wildman–Crippen LogP) is 4.59. The van der Waals surface area contributed by atoms with E-state index in [2.05, 4.69) is 16.9 Å². The lowest BCUT2D eigenvalue weighted by Gasteiger charge is -2.32. The van der Waals surface area contributed by atoms with E-state index in [1.807, 2.05) is 6.07 Å². The Morgan fingerprint density at radius 2 is 1.86 bits per heavy atom. The van der Waals surface area contributed by atoms with Crippen molar-refractivity contribution in [1.82, 2.24) is 9.97 Å². The molecule has 0 radical (unpaired) electrons. The molecule has 36 heavy (non-hydrogen) atoms. The van der Waals surface area contributed by atoms with E-state index < -0.39 is 34.5 Å². The molecule has 9 heteroatoms. The molecule has 2 heterocycles. The van der Waals surface area contributed by atoms with Crippen molar-refractivity contribution in [2.75, 3.05) is 13.2 Å². The lowest BCUT2D eigenvalue weighted by Crippen LogP contribution is -2.31. The molecule has 1 aromatic carbocycles. The van der Waals surface area contributed by atoms with Gasteiger partial charge in [-0.15, -0.1) is 0 Å². The summed E-state index contributed by atoms with van der Waals surface area (Å²) in [5.41, 5.74) is 6.53. The maximum Gasteiger partial charge on any atom is 0.185 e. The average Bonchev–Trinajstić information content (AvgIpc) is 2.83. The van der Waals surface area contributed by atoms with Crippen molar-refractivity contribution in [3.05, 3.63) is 77.0 Å². The number of Topliss-reactive ketones (excluding diaryl/α,β-unsaturated/α-hetero) is 1. The maximum absolute atomic E-state index is 14.7. The van der Waals surface area contributed by atoms with Crippen molar-refractivity contribution in [2.24, 2.45) is 11.7 Å². The lowest BCUT2D eigenvalue weighted by atomic mass is 9.75. The van der Waals surface area contributed by atoms with Crippen LogP contribution in [-0.2, 0) is 6.42 Å². The first-order chi connectivity index (χ1) is 17.3. The first-order valence-electron chi connectivity index (χ1n) is 11.9. The van der Waals surface area contributed by atoms with Crippen LogP contribution < -0.4 is 10.5 Å². The molecule has 3 aromatic rings. The van der Waals surface area contributed by atoms with E-state index in [1.165, 1.54) is 6.07 Å². The standard InChI is InChI=1S/C27H28F3N3O3/c1-15-8-16(10-18(31)9-15)20-4-5-32-14-17(20)11-25(35)24-3-2-21(28)27(33-24)26-22(29)12-19(13-23(26)30)36-7-6-34/h2-5,12-16,18,34H,6-11,31H2,1H3/t15-,16+,18-/m0/s1. The molecule has 4 rings (SSSR count). The number of rotatable bonds is 8. The SMILES string of the molecule is C[C@@H]1C[C@H](N)C[C@H](c2ccncc2CC(=O)c2ccc(F)c(-c3c(F)cc(OCCO)cc3F)n2)C1. The van der Waals surface area contributed by atoms with Gasteiger partial charge in [-0.3, -0.25) is 9.78 Å². The quantitative estimate of drug-likeness (QED) is 0.440. The summed E-state index contributed by atoms with van der Waals surface area (Å²) in [6, 6.07) is 5.90. The van der Waals surface area contributed by atoms with Gasteiger partial charge in [0.25, 0.3) is 0 Å². The fourth-order valence-electron chi connectivity index (χ4n) is 4.95. The molecule has 0 unspecified atom stereocenters. The van der Waals surface area contributed by atoms with Crippen LogP contribution in [0, 0.1) is 23.4 Å². The third-order valence-electron chi connectivity index (χ3n) is 6.46. The minimum atomic E-state index is -1.10. The number of nitrogens with two attached hydrogens (primary N) is 1. The van der Waals surface area contributed by atoms with Crippen LogP contribution >= 0.6 is 0 Å². The fourth-order valence-corrected chi connectivity index (χ4v) is 4.95. The zero-order valence-corrected chi connectivity index (χ0v) is 19.9. The highest BCUT2D eigenvalue weighted by Crippen LogP contribution is 2.37. The molecule has 3 N–H and O–H groups in total. The van der Waals surface area contributed by atoms with E-state index in [9.17, 15) is 18.0 Å². The van der Waals surface area contributed by atoms with Gasteiger partial charge >= 0.3 is 0 Å². The molecule has 6 nitrogen and oxygen atoms in total. The number of nitrogens with zero attached hydrogens (tertiary/aromatic N) is 2. The highest BCUT2D eigenvalue weighted by molar-refractivity contribution is 5.96. The molecular weight excluding hydrogens is 471 g/mol. The van der Waals surface area contributed by atoms with Gasteiger partial charge in [0.15, 0.2) is 5.78 Å². The van der Waals surface area contributed by atoms with Crippen molar-refractivity contribution < 1.29 is 27.8 Å². The summed E-state index contributed by atoms with van der Waals surface area (Å²) in [5.74, 6) is -3.10. The first-order valence-corrected chi connectivity index (χ1v) is 11.9. The molecule has 0 bridgehead atoms. The van der Waals surface area contributed by atoms with E-state index in [0.717, 1.165) is 48.6 Å². The number of aliphatic hydroxyl groups is 1. The Morgan fingerprint density at radius 1 is 1.11 bits per heavy atom. The van der Waals surface area contributed by atoms with Gasteiger partial charge in [-0.25, -0.2) is 18.2 Å². The number of ether oxygens (including phenoxy) is 1. The molecule has 1 aliphatic rings. The lowest BCUT2D eigenvalue weighted by molar-refractivity contribution is 0.0987. The van der Waals surface area contributed by atoms with Crippen LogP contribution in [0.15, 0.2) is 42.7 Å². The summed E-state index contributed by atoms with van der Waals surface area (Å²) >= 11 is 0. The van der Waals surface area contributed by atoms with Crippen LogP contribution in [0.1, 0.15) is 53.7 Å². The van der Waals surface area contributed by atoms with Gasteiger partial charge in [-0.2, -0.15) is 0 Å². The Morgan fingerprint density at radius 3 is 2.56 bits per heavy atom. The van der Waals surface area contributed by atoms with Gasteiger partial charge in [-0.1, -0.05) is 6.92 Å². The van der Waals surface area contributed by atoms with Crippen LogP contribution in [0.25, 0.3) is 11.3 Å². The van der Waals surface area contributed by atoms with Gasteiger partial charge in [0, 0.05) is 37.0 Å². The normalized spacial score (nSPS) is 19.8. The van der Waals surface area contributed by atoms with E-state index >= 15 is 0 Å². The summed E-state index contributed by atoms with van der Waals surface area (Å²) in [7, 11) is 0. The molecule has 1 fully saturated rings. The summed E-state index contributed by atoms with van der Waals surface area (Å²) in [4.78, 5) is 21.3. The Kier molecular flexibility index (Phi) is 8.01. The van der Waals surface area contributed by atoms with E-state index in [0.29, 0.717) is 5.92 Å². The van der Waals surface area contributed by atoms with Crippen molar-refractivity contribution in [3.63, 3.8) is 0 Å². The van der Waals surface area contributed by atoms with Crippen molar-refractivity contribution in [2.45, 2.75) is 44.6 Å². The molecule has 3 atom stereocenters. The Balaban J connectivity index is 1.62. The number of halogens is 3. The van der Waals surface area contributed by atoms with Crippen molar-refractivity contribution in [1.29, 1.82) is 0 Å². The predicted molar refractivity (Wildman–Crippen MR) is 128 cm³/mol. The van der Waals surface area contributed by atoms with Gasteiger partial charge in [0.05, 0.1) is 12.2 Å². The number of carbonyl (C=O) groups excluding carboxylic acids is 1. The third-order valence-corrected chi connectivity index (χ3v) is 6.46.